The van der Waals surface area contributed by atoms with Gasteiger partial charge in [0.2, 0.25) is 0 Å². The van der Waals surface area contributed by atoms with Crippen LogP contribution in [0, 0.1) is 0 Å². The first kappa shape index (κ1) is 14.0. The summed E-state index contributed by atoms with van der Waals surface area (Å²) in [6.45, 7) is 5.77. The Kier molecular flexibility index (Phi) is 5.36. The molecule has 1 aromatic carbocycles. The highest BCUT2D eigenvalue weighted by Gasteiger charge is 2.16. The summed E-state index contributed by atoms with van der Waals surface area (Å²) in [6.07, 6.45) is 2.89. The van der Waals surface area contributed by atoms with Crippen LogP contribution >= 0.6 is 11.3 Å². The Morgan fingerprint density at radius 2 is 2.16 bits per heavy atom. The minimum atomic E-state index is 0.271. The summed E-state index contributed by atoms with van der Waals surface area (Å²) in [5, 5.41) is 3.53. The zero-order valence-corrected chi connectivity index (χ0v) is 12.2. The third-order valence-corrected chi connectivity index (χ3v) is 3.74. The molecule has 0 amide bonds. The molecular formula is C15H20N2OS. The van der Waals surface area contributed by atoms with E-state index in [2.05, 4.69) is 29.4 Å². The van der Waals surface area contributed by atoms with Crippen LogP contribution in [0.25, 0.3) is 0 Å². The van der Waals surface area contributed by atoms with E-state index in [0.717, 1.165) is 18.7 Å². The number of hydrogen-bond acceptors (Lipinski definition) is 4. The zero-order chi connectivity index (χ0) is 13.5. The van der Waals surface area contributed by atoms with Crippen LogP contribution in [-0.4, -0.2) is 18.1 Å². The van der Waals surface area contributed by atoms with Crippen molar-refractivity contribution in [2.24, 2.45) is 0 Å². The molecule has 1 heterocycles. The lowest BCUT2D eigenvalue weighted by atomic mass is 10.0. The number of nitrogens with zero attached hydrogens (tertiary/aromatic N) is 1. The molecule has 0 aliphatic carbocycles. The number of nitrogens with one attached hydrogen (secondary N) is 1. The molecule has 102 valence electrons. The van der Waals surface area contributed by atoms with Gasteiger partial charge in [0, 0.05) is 29.1 Å². The van der Waals surface area contributed by atoms with Crippen molar-refractivity contribution in [1.82, 2.24) is 10.3 Å². The Hall–Kier alpha value is -1.39. The van der Waals surface area contributed by atoms with Gasteiger partial charge in [-0.05, 0) is 19.5 Å². The van der Waals surface area contributed by atoms with Crippen molar-refractivity contribution in [3.8, 4) is 5.75 Å². The fourth-order valence-electron chi connectivity index (χ4n) is 2.14. The van der Waals surface area contributed by atoms with E-state index in [1.807, 2.05) is 30.8 Å². The summed E-state index contributed by atoms with van der Waals surface area (Å²) < 4.78 is 5.73. The van der Waals surface area contributed by atoms with Crippen LogP contribution in [0.3, 0.4) is 0 Å². The topological polar surface area (TPSA) is 34.2 Å². The number of likely N-dealkylation sites (N-methyl/N-ethyl adjacent to an activating group) is 1. The predicted octanol–water partition coefficient (Wildman–Crippen LogP) is 3.44. The van der Waals surface area contributed by atoms with Crippen LogP contribution in [0.5, 0.6) is 5.75 Å². The van der Waals surface area contributed by atoms with Gasteiger partial charge in [-0.1, -0.05) is 25.1 Å². The van der Waals surface area contributed by atoms with Gasteiger partial charge in [0.05, 0.1) is 12.1 Å². The normalized spacial score (nSPS) is 12.3. The van der Waals surface area contributed by atoms with Crippen molar-refractivity contribution >= 4 is 11.3 Å². The van der Waals surface area contributed by atoms with E-state index in [9.17, 15) is 0 Å². The number of aromatic nitrogens is 1. The second-order valence-electron chi connectivity index (χ2n) is 4.25. The maximum atomic E-state index is 5.73. The second kappa shape index (κ2) is 7.26. The van der Waals surface area contributed by atoms with Crippen molar-refractivity contribution in [2.75, 3.05) is 13.2 Å². The highest BCUT2D eigenvalue weighted by Crippen LogP contribution is 2.28. The molecule has 2 aromatic rings. The minimum Gasteiger partial charge on any atom is -0.494 e. The Balaban J connectivity index is 2.22. The maximum Gasteiger partial charge on any atom is 0.124 e. The average Bonchev–Trinajstić information content (AvgIpc) is 2.92. The molecule has 0 saturated carbocycles. The number of para-hydroxylation sites is 1. The molecule has 0 aliphatic heterocycles. The van der Waals surface area contributed by atoms with Crippen LogP contribution < -0.4 is 10.1 Å². The van der Waals surface area contributed by atoms with E-state index >= 15 is 0 Å². The van der Waals surface area contributed by atoms with Gasteiger partial charge in [-0.3, -0.25) is 4.98 Å². The lowest BCUT2D eigenvalue weighted by molar-refractivity contribution is 0.331. The largest absolute Gasteiger partial charge is 0.494 e. The van der Waals surface area contributed by atoms with Gasteiger partial charge in [-0.15, -0.1) is 11.3 Å². The SMILES string of the molecule is CCNC(Cc1cncs1)c1ccccc1OCC. The quantitative estimate of drug-likeness (QED) is 0.841. The molecule has 1 N–H and O–H groups in total. The Morgan fingerprint density at radius 1 is 1.32 bits per heavy atom. The van der Waals surface area contributed by atoms with Crippen LogP contribution in [0.2, 0.25) is 0 Å². The molecule has 1 atom stereocenters. The second-order valence-corrected chi connectivity index (χ2v) is 5.22. The smallest absolute Gasteiger partial charge is 0.124 e. The van der Waals surface area contributed by atoms with Crippen molar-refractivity contribution in [2.45, 2.75) is 26.3 Å². The first-order chi connectivity index (χ1) is 9.35. The fraction of sp³-hybridized carbons (Fsp3) is 0.400. The van der Waals surface area contributed by atoms with Gasteiger partial charge >= 0.3 is 0 Å². The number of rotatable bonds is 7. The molecule has 0 spiro atoms. The van der Waals surface area contributed by atoms with Gasteiger partial charge in [-0.25, -0.2) is 0 Å². The van der Waals surface area contributed by atoms with Crippen molar-refractivity contribution in [1.29, 1.82) is 0 Å². The fourth-order valence-corrected chi connectivity index (χ4v) is 2.78. The third-order valence-electron chi connectivity index (χ3n) is 2.93. The molecule has 3 nitrogen and oxygen atoms in total. The van der Waals surface area contributed by atoms with Crippen LogP contribution in [0.1, 0.15) is 30.3 Å². The predicted molar refractivity (Wildman–Crippen MR) is 79.8 cm³/mol. The lowest BCUT2D eigenvalue weighted by Gasteiger charge is -2.20. The molecule has 0 saturated heterocycles. The van der Waals surface area contributed by atoms with Gasteiger partial charge < -0.3 is 10.1 Å². The summed E-state index contributed by atoms with van der Waals surface area (Å²) in [5.41, 5.74) is 3.10. The molecule has 0 bridgehead atoms. The zero-order valence-electron chi connectivity index (χ0n) is 11.4. The molecule has 0 radical (unpaired) electrons. The molecule has 2 rings (SSSR count). The minimum absolute atomic E-state index is 0.271. The summed E-state index contributed by atoms with van der Waals surface area (Å²) in [4.78, 5) is 5.44. The Bertz CT molecular complexity index is 485. The van der Waals surface area contributed by atoms with Crippen LogP contribution in [0.4, 0.5) is 0 Å². The molecule has 1 aromatic heterocycles. The summed E-state index contributed by atoms with van der Waals surface area (Å²) >= 11 is 1.70. The summed E-state index contributed by atoms with van der Waals surface area (Å²) in [7, 11) is 0. The third kappa shape index (κ3) is 3.78. The van der Waals surface area contributed by atoms with Crippen molar-refractivity contribution in [3.05, 3.63) is 46.4 Å². The van der Waals surface area contributed by atoms with Crippen molar-refractivity contribution < 1.29 is 4.74 Å². The molecular weight excluding hydrogens is 256 g/mol. The van der Waals surface area contributed by atoms with E-state index in [0.29, 0.717) is 6.61 Å². The standard InChI is InChI=1S/C15H20N2OS/c1-3-17-14(9-12-10-16-11-19-12)13-7-5-6-8-15(13)18-4-2/h5-8,10-11,14,17H,3-4,9H2,1-2H3. The first-order valence-corrected chi connectivity index (χ1v) is 7.55. The summed E-state index contributed by atoms with van der Waals surface area (Å²) in [5.74, 6) is 0.973. The van der Waals surface area contributed by atoms with Crippen molar-refractivity contribution in [3.63, 3.8) is 0 Å². The first-order valence-electron chi connectivity index (χ1n) is 6.67. The lowest BCUT2D eigenvalue weighted by Crippen LogP contribution is -2.23. The average molecular weight is 276 g/mol. The van der Waals surface area contributed by atoms with Gasteiger partial charge in [-0.2, -0.15) is 0 Å². The van der Waals surface area contributed by atoms with Gasteiger partial charge in [0.15, 0.2) is 0 Å². The molecule has 0 fully saturated rings. The molecule has 4 heteroatoms. The van der Waals surface area contributed by atoms with Crippen LogP contribution in [0.15, 0.2) is 36.0 Å². The van der Waals surface area contributed by atoms with Gasteiger partial charge in [0.1, 0.15) is 5.75 Å². The number of ether oxygens (including phenoxy) is 1. The Morgan fingerprint density at radius 3 is 2.84 bits per heavy atom. The summed E-state index contributed by atoms with van der Waals surface area (Å²) in [6, 6.07) is 8.53. The van der Waals surface area contributed by atoms with E-state index in [1.165, 1.54) is 10.4 Å². The Labute approximate surface area is 118 Å². The molecule has 19 heavy (non-hydrogen) atoms. The maximum absolute atomic E-state index is 5.73. The highest BCUT2D eigenvalue weighted by atomic mass is 32.1. The number of hydrogen-bond donors (Lipinski definition) is 1. The number of thiazole rings is 1. The number of benzene rings is 1. The van der Waals surface area contributed by atoms with Gasteiger partial charge in [0.25, 0.3) is 0 Å². The molecule has 0 aliphatic rings. The van der Waals surface area contributed by atoms with Crippen LogP contribution in [-0.2, 0) is 6.42 Å². The van der Waals surface area contributed by atoms with E-state index in [4.69, 9.17) is 4.74 Å². The highest BCUT2D eigenvalue weighted by molar-refractivity contribution is 7.09. The van der Waals surface area contributed by atoms with E-state index < -0.39 is 0 Å². The molecule has 1 unspecified atom stereocenters. The van der Waals surface area contributed by atoms with E-state index in [1.54, 1.807) is 11.3 Å². The monoisotopic (exact) mass is 276 g/mol. The van der Waals surface area contributed by atoms with E-state index in [-0.39, 0.29) is 6.04 Å².